The second-order valence-corrected chi connectivity index (χ2v) is 6.22. The standard InChI is InChI=1S/C15H21BrFNO/c1-2-18-11-15(5-7-19-8-6-15)10-12-9-13(16)3-4-14(12)17/h3-4,9,18H,2,5-8,10-11H2,1H3. The predicted octanol–water partition coefficient (Wildman–Crippen LogP) is 3.54. The number of benzene rings is 1. The highest BCUT2D eigenvalue weighted by Crippen LogP contribution is 2.35. The topological polar surface area (TPSA) is 21.3 Å². The van der Waals surface area contributed by atoms with E-state index in [-0.39, 0.29) is 11.2 Å². The molecule has 1 N–H and O–H groups in total. The van der Waals surface area contributed by atoms with Crippen LogP contribution in [0.2, 0.25) is 0 Å². The summed E-state index contributed by atoms with van der Waals surface area (Å²) < 4.78 is 20.3. The Labute approximate surface area is 122 Å². The van der Waals surface area contributed by atoms with E-state index < -0.39 is 0 Å². The lowest BCUT2D eigenvalue weighted by molar-refractivity contribution is 0.0148. The summed E-state index contributed by atoms with van der Waals surface area (Å²) in [6.45, 7) is 5.54. The van der Waals surface area contributed by atoms with Crippen LogP contribution < -0.4 is 5.32 Å². The number of rotatable bonds is 5. The van der Waals surface area contributed by atoms with Crippen LogP contribution in [0.25, 0.3) is 0 Å². The molecule has 0 aliphatic carbocycles. The Bertz CT molecular complexity index is 419. The molecule has 2 rings (SSSR count). The Morgan fingerprint density at radius 1 is 1.37 bits per heavy atom. The number of hydrogen-bond donors (Lipinski definition) is 1. The number of hydrogen-bond acceptors (Lipinski definition) is 2. The van der Waals surface area contributed by atoms with E-state index in [1.54, 1.807) is 12.1 Å². The molecule has 1 aliphatic heterocycles. The normalized spacial score (nSPS) is 18.5. The fourth-order valence-corrected chi connectivity index (χ4v) is 3.10. The third kappa shape index (κ3) is 4.01. The molecule has 106 valence electrons. The van der Waals surface area contributed by atoms with Crippen molar-refractivity contribution in [1.29, 1.82) is 0 Å². The molecule has 1 aliphatic rings. The van der Waals surface area contributed by atoms with E-state index in [0.717, 1.165) is 55.6 Å². The van der Waals surface area contributed by atoms with E-state index >= 15 is 0 Å². The SMILES string of the molecule is CCNCC1(Cc2cc(Br)ccc2F)CCOCC1. The minimum atomic E-state index is -0.106. The van der Waals surface area contributed by atoms with Crippen molar-refractivity contribution in [2.24, 2.45) is 5.41 Å². The molecule has 1 aromatic carbocycles. The molecule has 0 unspecified atom stereocenters. The molecule has 0 saturated carbocycles. The number of ether oxygens (including phenoxy) is 1. The zero-order chi connectivity index (χ0) is 13.7. The lowest BCUT2D eigenvalue weighted by Crippen LogP contribution is -2.41. The van der Waals surface area contributed by atoms with Crippen molar-refractivity contribution in [3.63, 3.8) is 0 Å². The molecule has 0 amide bonds. The van der Waals surface area contributed by atoms with Crippen LogP contribution in [0.3, 0.4) is 0 Å². The minimum absolute atomic E-state index is 0.106. The highest BCUT2D eigenvalue weighted by Gasteiger charge is 2.33. The first-order valence-electron chi connectivity index (χ1n) is 6.88. The average Bonchev–Trinajstić information content (AvgIpc) is 2.42. The van der Waals surface area contributed by atoms with Gasteiger partial charge in [0.1, 0.15) is 5.82 Å². The van der Waals surface area contributed by atoms with Gasteiger partial charge in [0.15, 0.2) is 0 Å². The molecule has 1 saturated heterocycles. The van der Waals surface area contributed by atoms with E-state index in [2.05, 4.69) is 28.2 Å². The molecule has 0 radical (unpaired) electrons. The molecule has 2 nitrogen and oxygen atoms in total. The van der Waals surface area contributed by atoms with Crippen LogP contribution in [0.1, 0.15) is 25.3 Å². The van der Waals surface area contributed by atoms with Crippen molar-refractivity contribution in [1.82, 2.24) is 5.32 Å². The average molecular weight is 330 g/mol. The van der Waals surface area contributed by atoms with Gasteiger partial charge in [-0.05, 0) is 55.0 Å². The Balaban J connectivity index is 2.16. The Morgan fingerprint density at radius 3 is 2.79 bits per heavy atom. The molecule has 1 aromatic rings. The van der Waals surface area contributed by atoms with E-state index in [1.807, 2.05) is 6.07 Å². The molecule has 4 heteroatoms. The van der Waals surface area contributed by atoms with Crippen molar-refractivity contribution in [3.05, 3.63) is 34.1 Å². The van der Waals surface area contributed by atoms with Gasteiger partial charge in [0.2, 0.25) is 0 Å². The number of halogens is 2. The Kier molecular flexibility index (Phi) is 5.37. The fourth-order valence-electron chi connectivity index (χ4n) is 2.69. The predicted molar refractivity (Wildman–Crippen MR) is 78.8 cm³/mol. The smallest absolute Gasteiger partial charge is 0.126 e. The quantitative estimate of drug-likeness (QED) is 0.892. The van der Waals surface area contributed by atoms with Crippen molar-refractivity contribution >= 4 is 15.9 Å². The summed E-state index contributed by atoms with van der Waals surface area (Å²) in [5.41, 5.74) is 0.921. The maximum absolute atomic E-state index is 13.9. The fraction of sp³-hybridized carbons (Fsp3) is 0.600. The van der Waals surface area contributed by atoms with E-state index in [4.69, 9.17) is 4.74 Å². The van der Waals surface area contributed by atoms with Crippen LogP contribution in [0, 0.1) is 11.2 Å². The molecule has 1 fully saturated rings. The second kappa shape index (κ2) is 6.82. The summed E-state index contributed by atoms with van der Waals surface area (Å²) in [4.78, 5) is 0. The zero-order valence-corrected chi connectivity index (χ0v) is 12.9. The van der Waals surface area contributed by atoms with E-state index in [0.29, 0.717) is 0 Å². The summed E-state index contributed by atoms with van der Waals surface area (Å²) in [7, 11) is 0. The first kappa shape index (κ1) is 14.9. The zero-order valence-electron chi connectivity index (χ0n) is 11.3. The van der Waals surface area contributed by atoms with Crippen LogP contribution in [0.4, 0.5) is 4.39 Å². The summed E-state index contributed by atoms with van der Waals surface area (Å²) in [5, 5.41) is 3.42. The van der Waals surface area contributed by atoms with Crippen LogP contribution in [0.5, 0.6) is 0 Å². The largest absolute Gasteiger partial charge is 0.381 e. The van der Waals surface area contributed by atoms with Crippen molar-refractivity contribution in [3.8, 4) is 0 Å². The molecule has 0 bridgehead atoms. The van der Waals surface area contributed by atoms with Gasteiger partial charge in [-0.1, -0.05) is 22.9 Å². The summed E-state index contributed by atoms with van der Waals surface area (Å²) >= 11 is 3.42. The summed E-state index contributed by atoms with van der Waals surface area (Å²) in [6.07, 6.45) is 2.76. The monoisotopic (exact) mass is 329 g/mol. The van der Waals surface area contributed by atoms with Crippen molar-refractivity contribution in [2.45, 2.75) is 26.2 Å². The van der Waals surface area contributed by atoms with E-state index in [9.17, 15) is 4.39 Å². The highest BCUT2D eigenvalue weighted by atomic mass is 79.9. The van der Waals surface area contributed by atoms with Crippen LogP contribution in [-0.4, -0.2) is 26.3 Å². The van der Waals surface area contributed by atoms with Crippen molar-refractivity contribution < 1.29 is 9.13 Å². The second-order valence-electron chi connectivity index (χ2n) is 5.31. The van der Waals surface area contributed by atoms with Gasteiger partial charge < -0.3 is 10.1 Å². The summed E-state index contributed by atoms with van der Waals surface area (Å²) in [6, 6.07) is 5.19. The first-order chi connectivity index (χ1) is 9.15. The molecule has 19 heavy (non-hydrogen) atoms. The van der Waals surface area contributed by atoms with Gasteiger partial charge in [-0.2, -0.15) is 0 Å². The highest BCUT2D eigenvalue weighted by molar-refractivity contribution is 9.10. The third-order valence-corrected chi connectivity index (χ3v) is 4.37. The molecular formula is C15H21BrFNO. The van der Waals surface area contributed by atoms with Crippen LogP contribution in [0.15, 0.2) is 22.7 Å². The number of nitrogens with one attached hydrogen (secondary N) is 1. The maximum Gasteiger partial charge on any atom is 0.126 e. The summed E-state index contributed by atoms with van der Waals surface area (Å²) in [5.74, 6) is -0.106. The van der Waals surface area contributed by atoms with Crippen LogP contribution in [-0.2, 0) is 11.2 Å². The lowest BCUT2D eigenvalue weighted by Gasteiger charge is -2.37. The molecule has 1 heterocycles. The molecule has 0 spiro atoms. The van der Waals surface area contributed by atoms with Gasteiger partial charge in [0.25, 0.3) is 0 Å². The molecular weight excluding hydrogens is 309 g/mol. The maximum atomic E-state index is 13.9. The Hall–Kier alpha value is -0.450. The minimum Gasteiger partial charge on any atom is -0.381 e. The van der Waals surface area contributed by atoms with Gasteiger partial charge in [-0.15, -0.1) is 0 Å². The van der Waals surface area contributed by atoms with Gasteiger partial charge in [0.05, 0.1) is 0 Å². The third-order valence-electron chi connectivity index (χ3n) is 3.88. The van der Waals surface area contributed by atoms with Gasteiger partial charge >= 0.3 is 0 Å². The van der Waals surface area contributed by atoms with Gasteiger partial charge in [-0.25, -0.2) is 4.39 Å². The molecule has 0 atom stereocenters. The van der Waals surface area contributed by atoms with Gasteiger partial charge in [-0.3, -0.25) is 0 Å². The molecule has 0 aromatic heterocycles. The first-order valence-corrected chi connectivity index (χ1v) is 7.67. The Morgan fingerprint density at radius 2 is 2.11 bits per heavy atom. The van der Waals surface area contributed by atoms with Crippen molar-refractivity contribution in [2.75, 3.05) is 26.3 Å². The van der Waals surface area contributed by atoms with Crippen LogP contribution >= 0.6 is 15.9 Å². The van der Waals surface area contributed by atoms with Gasteiger partial charge in [0, 0.05) is 24.2 Å². The van der Waals surface area contributed by atoms with E-state index in [1.165, 1.54) is 0 Å². The lowest BCUT2D eigenvalue weighted by atomic mass is 9.75.